The van der Waals surface area contributed by atoms with Crippen molar-refractivity contribution >= 4 is 23.1 Å². The third-order valence-corrected chi connectivity index (χ3v) is 4.85. The number of carbonyl (C=O) groups excluding carboxylic acids is 1. The first kappa shape index (κ1) is 16.2. The lowest BCUT2D eigenvalue weighted by Crippen LogP contribution is -2.14. The van der Waals surface area contributed by atoms with E-state index in [2.05, 4.69) is 15.4 Å². The molecule has 0 aliphatic rings. The number of hydrogen-bond acceptors (Lipinski definition) is 4. The Morgan fingerprint density at radius 1 is 1.04 bits per heavy atom. The molecule has 26 heavy (non-hydrogen) atoms. The molecule has 0 saturated heterocycles. The van der Waals surface area contributed by atoms with E-state index in [1.165, 1.54) is 0 Å². The molecule has 6 heteroatoms. The maximum absolute atomic E-state index is 12.6. The van der Waals surface area contributed by atoms with Crippen LogP contribution in [-0.2, 0) is 0 Å². The molecule has 0 atom stereocenters. The molecular formula is C20H16N4OS. The zero-order valence-electron chi connectivity index (χ0n) is 14.1. The average Bonchev–Trinajstić information content (AvgIpc) is 3.34. The maximum Gasteiger partial charge on any atom is 0.258 e. The second kappa shape index (κ2) is 6.93. The summed E-state index contributed by atoms with van der Waals surface area (Å²) in [5, 5.41) is 9.24. The van der Waals surface area contributed by atoms with E-state index in [4.69, 9.17) is 0 Å². The van der Waals surface area contributed by atoms with Gasteiger partial charge in [0.05, 0.1) is 27.5 Å². The van der Waals surface area contributed by atoms with Gasteiger partial charge in [0.25, 0.3) is 5.91 Å². The van der Waals surface area contributed by atoms with Crippen LogP contribution in [0.25, 0.3) is 16.3 Å². The molecule has 128 valence electrons. The molecule has 3 aromatic heterocycles. The summed E-state index contributed by atoms with van der Waals surface area (Å²) in [5.41, 5.74) is 3.05. The van der Waals surface area contributed by atoms with Crippen LogP contribution >= 0.6 is 11.3 Å². The van der Waals surface area contributed by atoms with Crippen LogP contribution in [0.3, 0.4) is 0 Å². The summed E-state index contributed by atoms with van der Waals surface area (Å²) in [4.78, 5) is 18.2. The molecule has 3 heterocycles. The molecule has 0 aliphatic heterocycles. The van der Waals surface area contributed by atoms with Gasteiger partial charge in [-0.05, 0) is 42.6 Å². The van der Waals surface area contributed by atoms with Crippen molar-refractivity contribution in [1.82, 2.24) is 14.8 Å². The predicted octanol–water partition coefficient (Wildman–Crippen LogP) is 4.56. The topological polar surface area (TPSA) is 59.8 Å². The van der Waals surface area contributed by atoms with Crippen LogP contribution < -0.4 is 5.32 Å². The molecule has 0 radical (unpaired) electrons. The Bertz CT molecular complexity index is 1040. The van der Waals surface area contributed by atoms with Crippen molar-refractivity contribution in [3.63, 3.8) is 0 Å². The van der Waals surface area contributed by atoms with Crippen molar-refractivity contribution in [3.8, 4) is 16.3 Å². The van der Waals surface area contributed by atoms with E-state index in [0.717, 1.165) is 16.3 Å². The minimum atomic E-state index is -0.217. The molecule has 0 fully saturated rings. The zero-order valence-corrected chi connectivity index (χ0v) is 14.9. The number of para-hydroxylation sites is 1. The number of carbonyl (C=O) groups is 1. The number of benzene rings is 1. The Morgan fingerprint density at radius 2 is 1.88 bits per heavy atom. The SMILES string of the molecule is Cc1nc(-c2cccs2)ccc1C(=O)Nc1ccn(-c2ccccc2)n1. The predicted molar refractivity (Wildman–Crippen MR) is 104 cm³/mol. The van der Waals surface area contributed by atoms with Crippen molar-refractivity contribution in [2.45, 2.75) is 6.92 Å². The molecule has 4 rings (SSSR count). The van der Waals surface area contributed by atoms with Gasteiger partial charge in [0.15, 0.2) is 5.82 Å². The largest absolute Gasteiger partial charge is 0.305 e. The molecule has 1 aromatic carbocycles. The number of pyridine rings is 1. The lowest BCUT2D eigenvalue weighted by Gasteiger charge is -2.07. The summed E-state index contributed by atoms with van der Waals surface area (Å²) in [6.45, 7) is 1.84. The number of nitrogens with zero attached hydrogens (tertiary/aromatic N) is 3. The highest BCUT2D eigenvalue weighted by atomic mass is 32.1. The smallest absolute Gasteiger partial charge is 0.258 e. The van der Waals surface area contributed by atoms with E-state index in [0.29, 0.717) is 17.1 Å². The molecule has 0 spiro atoms. The molecule has 5 nitrogen and oxygen atoms in total. The highest BCUT2D eigenvalue weighted by Crippen LogP contribution is 2.24. The molecule has 1 amide bonds. The number of rotatable bonds is 4. The van der Waals surface area contributed by atoms with Crippen LogP contribution in [0, 0.1) is 6.92 Å². The van der Waals surface area contributed by atoms with Crippen molar-refractivity contribution < 1.29 is 4.79 Å². The van der Waals surface area contributed by atoms with E-state index in [1.807, 2.05) is 67.0 Å². The Morgan fingerprint density at radius 3 is 2.62 bits per heavy atom. The first-order valence-corrected chi connectivity index (χ1v) is 9.02. The fourth-order valence-corrected chi connectivity index (χ4v) is 3.36. The summed E-state index contributed by atoms with van der Waals surface area (Å²) in [6, 6.07) is 19.2. The monoisotopic (exact) mass is 360 g/mol. The van der Waals surface area contributed by atoms with Crippen LogP contribution in [0.15, 0.2) is 72.2 Å². The summed E-state index contributed by atoms with van der Waals surface area (Å²) >= 11 is 1.63. The van der Waals surface area contributed by atoms with Crippen LogP contribution in [0.4, 0.5) is 5.82 Å². The number of amides is 1. The van der Waals surface area contributed by atoms with Gasteiger partial charge in [-0.15, -0.1) is 11.3 Å². The van der Waals surface area contributed by atoms with Gasteiger partial charge in [0.2, 0.25) is 0 Å². The van der Waals surface area contributed by atoms with Crippen molar-refractivity contribution in [2.24, 2.45) is 0 Å². The molecule has 1 N–H and O–H groups in total. The average molecular weight is 360 g/mol. The number of aryl methyl sites for hydroxylation is 1. The zero-order chi connectivity index (χ0) is 17.9. The van der Waals surface area contributed by atoms with Crippen molar-refractivity contribution in [2.75, 3.05) is 5.32 Å². The molecular weight excluding hydrogens is 344 g/mol. The van der Waals surface area contributed by atoms with Gasteiger partial charge in [-0.3, -0.25) is 9.78 Å². The molecule has 4 aromatic rings. The third-order valence-electron chi connectivity index (χ3n) is 3.96. The number of aromatic nitrogens is 3. The quantitative estimate of drug-likeness (QED) is 0.580. The minimum absolute atomic E-state index is 0.217. The highest BCUT2D eigenvalue weighted by Gasteiger charge is 2.13. The van der Waals surface area contributed by atoms with Crippen LogP contribution in [-0.4, -0.2) is 20.7 Å². The normalized spacial score (nSPS) is 10.7. The standard InChI is InChI=1S/C20H16N4OS/c1-14-16(9-10-17(21-14)18-8-5-13-26-18)20(25)22-19-11-12-24(23-19)15-6-3-2-4-7-15/h2-13H,1H3,(H,22,23,25). The van der Waals surface area contributed by atoms with E-state index in [-0.39, 0.29) is 5.91 Å². The number of anilines is 1. The second-order valence-corrected chi connectivity index (χ2v) is 6.69. The third kappa shape index (κ3) is 3.27. The summed E-state index contributed by atoms with van der Waals surface area (Å²) in [6.07, 6.45) is 1.82. The summed E-state index contributed by atoms with van der Waals surface area (Å²) < 4.78 is 1.72. The Hall–Kier alpha value is -3.25. The van der Waals surface area contributed by atoms with Crippen molar-refractivity contribution in [3.05, 3.63) is 83.5 Å². The first-order chi connectivity index (χ1) is 12.7. The van der Waals surface area contributed by atoms with E-state index >= 15 is 0 Å². The minimum Gasteiger partial charge on any atom is -0.305 e. The fraction of sp³-hybridized carbons (Fsp3) is 0.0500. The molecule has 0 aliphatic carbocycles. The van der Waals surface area contributed by atoms with Gasteiger partial charge in [0, 0.05) is 12.3 Å². The second-order valence-electron chi connectivity index (χ2n) is 5.74. The van der Waals surface area contributed by atoms with Crippen LogP contribution in [0.2, 0.25) is 0 Å². The molecule has 0 unspecified atom stereocenters. The van der Waals surface area contributed by atoms with E-state index in [1.54, 1.807) is 28.2 Å². The fourth-order valence-electron chi connectivity index (χ4n) is 2.66. The first-order valence-electron chi connectivity index (χ1n) is 8.15. The maximum atomic E-state index is 12.6. The van der Waals surface area contributed by atoms with Crippen molar-refractivity contribution in [1.29, 1.82) is 0 Å². The van der Waals surface area contributed by atoms with Crippen LogP contribution in [0.1, 0.15) is 16.1 Å². The number of thiophene rings is 1. The molecule has 0 saturated carbocycles. The van der Waals surface area contributed by atoms with Gasteiger partial charge in [0.1, 0.15) is 0 Å². The van der Waals surface area contributed by atoms with Gasteiger partial charge in [-0.25, -0.2) is 4.68 Å². The van der Waals surface area contributed by atoms with E-state index < -0.39 is 0 Å². The van der Waals surface area contributed by atoms with Gasteiger partial charge in [-0.2, -0.15) is 5.10 Å². The Labute approximate surface area is 155 Å². The summed E-state index contributed by atoms with van der Waals surface area (Å²) in [5.74, 6) is 0.284. The summed E-state index contributed by atoms with van der Waals surface area (Å²) in [7, 11) is 0. The lowest BCUT2D eigenvalue weighted by atomic mass is 10.1. The lowest BCUT2D eigenvalue weighted by molar-refractivity contribution is 0.102. The molecule has 0 bridgehead atoms. The Kier molecular flexibility index (Phi) is 4.33. The van der Waals surface area contributed by atoms with E-state index in [9.17, 15) is 4.79 Å². The highest BCUT2D eigenvalue weighted by molar-refractivity contribution is 7.13. The van der Waals surface area contributed by atoms with Crippen LogP contribution in [0.5, 0.6) is 0 Å². The number of nitrogens with one attached hydrogen (secondary N) is 1. The number of hydrogen-bond donors (Lipinski definition) is 1. The van der Waals surface area contributed by atoms with Gasteiger partial charge in [-0.1, -0.05) is 24.3 Å². The van der Waals surface area contributed by atoms with Gasteiger partial charge < -0.3 is 5.32 Å². The Balaban J connectivity index is 1.53. The van der Waals surface area contributed by atoms with Gasteiger partial charge >= 0.3 is 0 Å².